The van der Waals surface area contributed by atoms with E-state index < -0.39 is 0 Å². The molecule has 5 heterocycles. The van der Waals surface area contributed by atoms with Crippen LogP contribution in [0.25, 0.3) is 10.8 Å². The molecule has 9 nitrogen and oxygen atoms in total. The normalized spacial score (nSPS) is 25.3. The van der Waals surface area contributed by atoms with Gasteiger partial charge in [0, 0.05) is 49.0 Å². The van der Waals surface area contributed by atoms with Crippen LogP contribution in [0.4, 0.5) is 23.4 Å². The summed E-state index contributed by atoms with van der Waals surface area (Å²) < 4.78 is 0. The lowest BCUT2D eigenvalue weighted by Crippen LogP contribution is -2.59. The van der Waals surface area contributed by atoms with Gasteiger partial charge in [-0.25, -0.2) is 15.0 Å². The highest BCUT2D eigenvalue weighted by molar-refractivity contribution is 5.96. The number of hydrogen-bond donors (Lipinski definition) is 3. The highest BCUT2D eigenvalue weighted by Crippen LogP contribution is 2.52. The first-order valence-corrected chi connectivity index (χ1v) is 12.6. The first-order valence-electron chi connectivity index (χ1n) is 12.6. The number of rotatable bonds is 5. The number of aromatic nitrogens is 4. The summed E-state index contributed by atoms with van der Waals surface area (Å²) in [5.41, 5.74) is 1.20. The van der Waals surface area contributed by atoms with Crippen molar-refractivity contribution in [2.45, 2.75) is 64.2 Å². The van der Waals surface area contributed by atoms with Gasteiger partial charge in [-0.3, -0.25) is 0 Å². The Bertz CT molecular complexity index is 1260. The van der Waals surface area contributed by atoms with Gasteiger partial charge in [-0.15, -0.1) is 0 Å². The molecule has 35 heavy (non-hydrogen) atoms. The Balaban J connectivity index is 1.29. The highest BCUT2D eigenvalue weighted by atomic mass is 16.3. The fourth-order valence-corrected chi connectivity index (χ4v) is 5.44. The van der Waals surface area contributed by atoms with Crippen LogP contribution in [-0.4, -0.2) is 68.0 Å². The zero-order chi connectivity index (χ0) is 24.3. The number of fused-ring (bicyclic) bond motifs is 1. The zero-order valence-electron chi connectivity index (χ0n) is 20.5. The molecule has 1 saturated carbocycles. The molecule has 0 radical (unpaired) electrons. The lowest BCUT2D eigenvalue weighted by Gasteiger charge is -2.44. The van der Waals surface area contributed by atoms with Crippen molar-refractivity contribution in [1.82, 2.24) is 19.9 Å². The average Bonchev–Trinajstić information content (AvgIpc) is 3.63. The van der Waals surface area contributed by atoms with Crippen molar-refractivity contribution in [2.24, 2.45) is 5.41 Å². The van der Waals surface area contributed by atoms with Gasteiger partial charge in [0.15, 0.2) is 0 Å². The molecule has 0 aromatic carbocycles. The van der Waals surface area contributed by atoms with E-state index in [2.05, 4.69) is 45.0 Å². The molecule has 184 valence electrons. The number of hydrogen-bond acceptors (Lipinski definition) is 9. The van der Waals surface area contributed by atoms with Crippen LogP contribution >= 0.6 is 0 Å². The molecule has 0 unspecified atom stereocenters. The average molecular weight is 476 g/mol. The monoisotopic (exact) mass is 475 g/mol. The molecule has 3 atom stereocenters. The molecule has 9 heteroatoms. The van der Waals surface area contributed by atoms with Gasteiger partial charge in [-0.2, -0.15) is 4.98 Å². The number of nitrogens with one attached hydrogen (secondary N) is 1. The Morgan fingerprint density at radius 3 is 2.63 bits per heavy atom. The van der Waals surface area contributed by atoms with E-state index in [1.165, 1.54) is 0 Å². The molecule has 2 saturated heterocycles. The SMILES string of the molecule is CC(C)c1cnc(N2C[C@H](O)[C@H]2C)c2cnc(Nc3ccnc(N4CC[C@H](O)C5(CC5)C4)n3)cc12. The van der Waals surface area contributed by atoms with Gasteiger partial charge in [0.2, 0.25) is 5.95 Å². The topological polar surface area (TPSA) is 111 Å². The quantitative estimate of drug-likeness (QED) is 0.512. The van der Waals surface area contributed by atoms with Crippen LogP contribution in [0, 0.1) is 5.41 Å². The van der Waals surface area contributed by atoms with Crippen LogP contribution in [0.2, 0.25) is 0 Å². The zero-order valence-corrected chi connectivity index (χ0v) is 20.5. The van der Waals surface area contributed by atoms with Crippen LogP contribution in [0.1, 0.15) is 51.5 Å². The fraction of sp³-hybridized carbons (Fsp3) is 0.538. The second kappa shape index (κ2) is 8.27. The summed E-state index contributed by atoms with van der Waals surface area (Å²) in [6.07, 6.45) is 7.97. The Morgan fingerprint density at radius 1 is 1.09 bits per heavy atom. The second-order valence-electron chi connectivity index (χ2n) is 10.7. The van der Waals surface area contributed by atoms with Crippen LogP contribution in [0.3, 0.4) is 0 Å². The van der Waals surface area contributed by atoms with Crippen molar-refractivity contribution in [2.75, 3.05) is 34.8 Å². The molecule has 0 amide bonds. The van der Waals surface area contributed by atoms with Crippen LogP contribution < -0.4 is 15.1 Å². The van der Waals surface area contributed by atoms with Crippen molar-refractivity contribution >= 4 is 34.2 Å². The Kier molecular flexibility index (Phi) is 5.30. The Labute approximate surface area is 205 Å². The van der Waals surface area contributed by atoms with Crippen LogP contribution in [-0.2, 0) is 0 Å². The third-order valence-electron chi connectivity index (χ3n) is 8.07. The Hall–Kier alpha value is -3.04. The molecule has 6 rings (SSSR count). The molecule has 3 aromatic rings. The summed E-state index contributed by atoms with van der Waals surface area (Å²) >= 11 is 0. The summed E-state index contributed by atoms with van der Waals surface area (Å²) in [6, 6.07) is 3.96. The van der Waals surface area contributed by atoms with Crippen molar-refractivity contribution in [3.05, 3.63) is 36.3 Å². The standard InChI is InChI=1S/C26H33N7O2/c1-15(2)18-11-29-24(33-13-20(34)16(33)3)19-12-28-23(10-17(18)19)30-22-4-8-27-25(31-22)32-9-5-21(35)26(14-32)6-7-26/h4,8,10-12,15-16,20-21,34-35H,5-7,9,13-14H2,1-3H3,(H,27,28,30,31)/t16-,20+,21+/m1/s1. The van der Waals surface area contributed by atoms with E-state index in [-0.39, 0.29) is 23.7 Å². The lowest BCUT2D eigenvalue weighted by atomic mass is 9.92. The minimum Gasteiger partial charge on any atom is -0.392 e. The molecule has 3 aliphatic rings. The minimum absolute atomic E-state index is 0.0357. The van der Waals surface area contributed by atoms with E-state index in [4.69, 9.17) is 9.97 Å². The Morgan fingerprint density at radius 2 is 1.91 bits per heavy atom. The van der Waals surface area contributed by atoms with Crippen molar-refractivity contribution in [3.63, 3.8) is 0 Å². The van der Waals surface area contributed by atoms with E-state index in [0.29, 0.717) is 30.0 Å². The molecular formula is C26H33N7O2. The largest absolute Gasteiger partial charge is 0.392 e. The molecule has 2 aliphatic heterocycles. The van der Waals surface area contributed by atoms with Gasteiger partial charge in [-0.05, 0) is 55.2 Å². The van der Waals surface area contributed by atoms with Gasteiger partial charge in [0.05, 0.1) is 18.2 Å². The fourth-order valence-electron chi connectivity index (χ4n) is 5.44. The maximum atomic E-state index is 10.4. The maximum absolute atomic E-state index is 10.4. The maximum Gasteiger partial charge on any atom is 0.227 e. The predicted molar refractivity (Wildman–Crippen MR) is 136 cm³/mol. The summed E-state index contributed by atoms with van der Waals surface area (Å²) in [5, 5.41) is 25.8. The van der Waals surface area contributed by atoms with Gasteiger partial charge in [0.1, 0.15) is 17.5 Å². The third-order valence-corrected chi connectivity index (χ3v) is 8.07. The lowest BCUT2D eigenvalue weighted by molar-refractivity contribution is 0.0731. The number of β-amino-alcohol motifs (C(OH)–C–C–N with tert-alkyl or cyclic N) is 1. The smallest absolute Gasteiger partial charge is 0.227 e. The molecule has 1 aliphatic carbocycles. The summed E-state index contributed by atoms with van der Waals surface area (Å²) in [6.45, 7) is 8.50. The van der Waals surface area contributed by atoms with Crippen LogP contribution in [0.5, 0.6) is 0 Å². The number of piperidine rings is 1. The van der Waals surface area contributed by atoms with Crippen molar-refractivity contribution in [1.29, 1.82) is 0 Å². The van der Waals surface area contributed by atoms with Gasteiger partial charge < -0.3 is 25.3 Å². The number of pyridine rings is 2. The first-order chi connectivity index (χ1) is 16.8. The summed E-state index contributed by atoms with van der Waals surface area (Å²) in [5.74, 6) is 3.27. The van der Waals surface area contributed by atoms with Gasteiger partial charge in [-0.1, -0.05) is 13.8 Å². The minimum atomic E-state index is -0.324. The highest BCUT2D eigenvalue weighted by Gasteiger charge is 2.52. The second-order valence-corrected chi connectivity index (χ2v) is 10.7. The first kappa shape index (κ1) is 22.4. The molecule has 0 bridgehead atoms. The summed E-state index contributed by atoms with van der Waals surface area (Å²) in [7, 11) is 0. The number of anilines is 4. The number of aliphatic hydroxyl groups excluding tert-OH is 2. The summed E-state index contributed by atoms with van der Waals surface area (Å²) in [4.78, 5) is 23.0. The van der Waals surface area contributed by atoms with Crippen LogP contribution in [0.15, 0.2) is 30.7 Å². The van der Waals surface area contributed by atoms with Crippen molar-refractivity contribution < 1.29 is 10.2 Å². The van der Waals surface area contributed by atoms with E-state index in [1.807, 2.05) is 25.4 Å². The molecular weight excluding hydrogens is 442 g/mol. The van der Waals surface area contributed by atoms with E-state index >= 15 is 0 Å². The van der Waals surface area contributed by atoms with Gasteiger partial charge >= 0.3 is 0 Å². The molecule has 1 spiro atoms. The third kappa shape index (κ3) is 3.87. The number of nitrogens with zero attached hydrogens (tertiary/aromatic N) is 6. The van der Waals surface area contributed by atoms with E-state index in [1.54, 1.807) is 6.20 Å². The predicted octanol–water partition coefficient (Wildman–Crippen LogP) is 3.21. The van der Waals surface area contributed by atoms with E-state index in [9.17, 15) is 10.2 Å². The molecule has 3 fully saturated rings. The van der Waals surface area contributed by atoms with Crippen molar-refractivity contribution in [3.8, 4) is 0 Å². The molecule has 3 aromatic heterocycles. The number of aliphatic hydroxyl groups is 2. The molecule has 3 N–H and O–H groups in total. The van der Waals surface area contributed by atoms with Gasteiger partial charge in [0.25, 0.3) is 0 Å². The van der Waals surface area contributed by atoms with E-state index in [0.717, 1.165) is 54.5 Å².